The molecular weight excluding hydrogens is 391 g/mol. The van der Waals surface area contributed by atoms with E-state index in [9.17, 15) is 0 Å². The lowest BCUT2D eigenvalue weighted by Gasteiger charge is -2.01. The fraction of sp³-hybridized carbons (Fsp3) is 0.0455. The van der Waals surface area contributed by atoms with Crippen LogP contribution in [0.2, 0.25) is 0 Å². The summed E-state index contributed by atoms with van der Waals surface area (Å²) in [5.41, 5.74) is 17.2. The van der Waals surface area contributed by atoms with Gasteiger partial charge < -0.3 is 36.3 Å². The fourth-order valence-electron chi connectivity index (χ4n) is 3.06. The van der Waals surface area contributed by atoms with E-state index in [1.807, 2.05) is 24.3 Å². The van der Waals surface area contributed by atoms with Crippen molar-refractivity contribution in [2.24, 2.45) is 0 Å². The summed E-state index contributed by atoms with van der Waals surface area (Å²) in [5.74, 6) is 0.994. The lowest BCUT2D eigenvalue weighted by molar-refractivity contribution is -0.569. The summed E-state index contributed by atoms with van der Waals surface area (Å²) in [7, 11) is 0. The van der Waals surface area contributed by atoms with Gasteiger partial charge in [-0.25, -0.2) is 4.98 Å². The van der Waals surface area contributed by atoms with Crippen molar-refractivity contribution >= 4 is 34.6 Å². The number of fused-ring (bicyclic) bond motifs is 1. The molecular formula is C22H22Cl2N4. The number of hydrogen-bond acceptors (Lipinski definition) is 1. The van der Waals surface area contributed by atoms with Gasteiger partial charge in [-0.2, -0.15) is 4.57 Å². The number of nitrogens with two attached hydrogens (primary N) is 1. The number of H-pyrrole nitrogens is 1. The van der Waals surface area contributed by atoms with Crippen molar-refractivity contribution in [1.29, 1.82) is 0 Å². The Bertz CT molecular complexity index is 1100. The van der Waals surface area contributed by atoms with Crippen molar-refractivity contribution in [3.63, 3.8) is 0 Å². The zero-order chi connectivity index (χ0) is 18.1. The molecule has 0 bridgehead atoms. The molecule has 0 fully saturated rings. The summed E-state index contributed by atoms with van der Waals surface area (Å²) in [4.78, 5) is 3.48. The summed E-state index contributed by atoms with van der Waals surface area (Å²) in [5, 5.41) is 0. The van der Waals surface area contributed by atoms with E-state index in [1.165, 1.54) is 5.56 Å². The number of rotatable bonds is 3. The summed E-state index contributed by atoms with van der Waals surface area (Å²) >= 11 is 0. The molecule has 0 saturated heterocycles. The number of aromatic nitrogens is 2. The Labute approximate surface area is 176 Å². The Morgan fingerprint density at radius 3 is 2.25 bits per heavy atom. The van der Waals surface area contributed by atoms with Gasteiger partial charge in [0.05, 0.1) is 0 Å². The first-order chi connectivity index (χ1) is 12.6. The summed E-state index contributed by atoms with van der Waals surface area (Å²) in [6, 6.07) is 22.6. The number of halogens is 2. The molecule has 144 valence electrons. The number of aromatic amines is 1. The molecule has 0 spiro atoms. The Hall–Kier alpha value is -2.79. The molecule has 4 rings (SSSR count). The van der Waals surface area contributed by atoms with Crippen molar-refractivity contribution in [1.82, 2.24) is 4.98 Å². The van der Waals surface area contributed by atoms with Crippen LogP contribution in [0.1, 0.15) is 17.0 Å². The first-order valence-electron chi connectivity index (χ1n) is 8.60. The van der Waals surface area contributed by atoms with Crippen LogP contribution in [-0.2, 0) is 0 Å². The first kappa shape index (κ1) is 21.5. The number of nitrogen functional groups attached to an aromatic ring is 1. The number of hydrogen-bond donors (Lipinski definition) is 3. The van der Waals surface area contributed by atoms with Crippen LogP contribution in [0.4, 0.5) is 11.4 Å². The summed E-state index contributed by atoms with van der Waals surface area (Å²) in [6.07, 6.45) is 4.19. The summed E-state index contributed by atoms with van der Waals surface area (Å²) in [6.45, 7) is 2.09. The van der Waals surface area contributed by atoms with E-state index in [2.05, 4.69) is 76.8 Å². The van der Waals surface area contributed by atoms with Crippen molar-refractivity contribution in [3.05, 3.63) is 83.7 Å². The fourth-order valence-corrected chi connectivity index (χ4v) is 3.06. The molecule has 0 radical (unpaired) electrons. The quantitative estimate of drug-likeness (QED) is 0.250. The maximum Gasteiger partial charge on any atom is 0.285 e. The number of benzene rings is 3. The van der Waals surface area contributed by atoms with E-state index in [1.54, 1.807) is 0 Å². The number of nitrogens with one attached hydrogen (secondary N) is 1. The highest BCUT2D eigenvalue weighted by Gasteiger charge is 2.18. The third kappa shape index (κ3) is 4.37. The maximum atomic E-state index is 5.97. The molecule has 28 heavy (non-hydrogen) atoms. The number of quaternary nitrogens is 1. The highest BCUT2D eigenvalue weighted by molar-refractivity contribution is 5.78. The molecule has 4 nitrogen and oxygen atoms in total. The topological polar surface area (TPSA) is 73.3 Å². The number of imidazole rings is 1. The zero-order valence-corrected chi connectivity index (χ0v) is 17.0. The maximum absolute atomic E-state index is 5.97. The standard InChI is InChI=1S/C22H20N4.2ClH/c1-15-2-10-19(11-3-15)26-21-12-9-18(24)14-20(21)25-22(26)13-6-16-4-7-17(23)8-5-16;;/h2-14H,24H2,1H3,(H2,23,25);2*1H. The van der Waals surface area contributed by atoms with Gasteiger partial charge >= 0.3 is 0 Å². The third-order valence-electron chi connectivity index (χ3n) is 4.47. The molecule has 0 aliphatic heterocycles. The predicted octanol–water partition coefficient (Wildman–Crippen LogP) is -2.61. The van der Waals surface area contributed by atoms with Crippen molar-refractivity contribution < 1.29 is 35.1 Å². The number of aryl methyl sites for hydroxylation is 1. The monoisotopic (exact) mass is 412 g/mol. The largest absolute Gasteiger partial charge is 1.00 e. The van der Waals surface area contributed by atoms with Gasteiger partial charge in [-0.05, 0) is 67.1 Å². The molecule has 3 aromatic carbocycles. The molecule has 0 amide bonds. The van der Waals surface area contributed by atoms with Gasteiger partial charge in [0, 0.05) is 17.8 Å². The first-order valence-corrected chi connectivity index (χ1v) is 8.60. The molecule has 4 aromatic rings. The van der Waals surface area contributed by atoms with Gasteiger partial charge in [-0.1, -0.05) is 17.7 Å². The average molecular weight is 413 g/mol. The number of nitrogens with zero attached hydrogens (tertiary/aromatic N) is 1. The molecule has 0 saturated carbocycles. The minimum atomic E-state index is 0. The van der Waals surface area contributed by atoms with E-state index in [-0.39, 0.29) is 24.8 Å². The van der Waals surface area contributed by atoms with Crippen LogP contribution in [0.5, 0.6) is 0 Å². The third-order valence-corrected chi connectivity index (χ3v) is 4.47. The van der Waals surface area contributed by atoms with Crippen LogP contribution >= 0.6 is 0 Å². The van der Waals surface area contributed by atoms with Gasteiger partial charge in [0.25, 0.3) is 5.82 Å². The van der Waals surface area contributed by atoms with Crippen LogP contribution in [-0.4, -0.2) is 4.98 Å². The van der Waals surface area contributed by atoms with Gasteiger partial charge in [-0.15, -0.1) is 0 Å². The number of anilines is 1. The molecule has 6 N–H and O–H groups in total. The van der Waals surface area contributed by atoms with Crippen LogP contribution in [0.25, 0.3) is 28.9 Å². The van der Waals surface area contributed by atoms with Gasteiger partial charge in [0.15, 0.2) is 11.0 Å². The Balaban J connectivity index is 0.00000140. The molecule has 0 atom stereocenters. The van der Waals surface area contributed by atoms with E-state index in [4.69, 9.17) is 5.73 Å². The van der Waals surface area contributed by atoms with E-state index < -0.39 is 0 Å². The van der Waals surface area contributed by atoms with E-state index in [0.29, 0.717) is 0 Å². The zero-order valence-electron chi connectivity index (χ0n) is 15.5. The smallest absolute Gasteiger partial charge is 0.285 e. The van der Waals surface area contributed by atoms with Gasteiger partial charge in [-0.3, -0.25) is 0 Å². The molecule has 0 aliphatic carbocycles. The second-order valence-corrected chi connectivity index (χ2v) is 6.53. The molecule has 0 unspecified atom stereocenters. The molecule has 6 heteroatoms. The van der Waals surface area contributed by atoms with E-state index >= 15 is 0 Å². The van der Waals surface area contributed by atoms with Crippen molar-refractivity contribution in [2.45, 2.75) is 6.92 Å². The van der Waals surface area contributed by atoms with Crippen LogP contribution in [0.15, 0.2) is 66.7 Å². The average Bonchev–Trinajstić information content (AvgIpc) is 2.99. The second-order valence-electron chi connectivity index (χ2n) is 6.53. The molecule has 0 aliphatic rings. The lowest BCUT2D eigenvalue weighted by atomic mass is 10.2. The predicted molar refractivity (Wildman–Crippen MR) is 107 cm³/mol. The Kier molecular flexibility index (Phi) is 6.86. The minimum absolute atomic E-state index is 0. The second kappa shape index (κ2) is 8.93. The van der Waals surface area contributed by atoms with Crippen LogP contribution < -0.4 is 40.8 Å². The van der Waals surface area contributed by atoms with Gasteiger partial charge in [0.2, 0.25) is 0 Å². The lowest BCUT2D eigenvalue weighted by Crippen LogP contribution is -3.00. The molecule has 1 heterocycles. The summed E-state index contributed by atoms with van der Waals surface area (Å²) < 4.78 is 2.21. The highest BCUT2D eigenvalue weighted by atomic mass is 35.5. The van der Waals surface area contributed by atoms with Crippen molar-refractivity contribution in [2.75, 3.05) is 5.73 Å². The van der Waals surface area contributed by atoms with Crippen LogP contribution in [0.3, 0.4) is 0 Å². The molecule has 1 aromatic heterocycles. The van der Waals surface area contributed by atoms with Crippen LogP contribution in [0, 0.1) is 6.92 Å². The van der Waals surface area contributed by atoms with Crippen molar-refractivity contribution in [3.8, 4) is 5.69 Å². The normalized spacial score (nSPS) is 10.6. The minimum Gasteiger partial charge on any atom is -1.00 e. The Morgan fingerprint density at radius 1 is 0.893 bits per heavy atom. The van der Waals surface area contributed by atoms with E-state index in [0.717, 1.165) is 39.5 Å². The SMILES string of the molecule is Cc1ccc(-[n+]2c(C=Cc3ccc([NH3+])cc3)[nH]c3cc(N)ccc32)cc1.[Cl-].[Cl-]. The Morgan fingerprint density at radius 2 is 1.57 bits per heavy atom. The van der Waals surface area contributed by atoms with Gasteiger partial charge in [0.1, 0.15) is 11.4 Å². The highest BCUT2D eigenvalue weighted by Crippen LogP contribution is 2.18.